The van der Waals surface area contributed by atoms with Gasteiger partial charge in [-0.15, -0.1) is 12.1 Å². The van der Waals surface area contributed by atoms with E-state index in [-0.39, 0.29) is 22.7 Å². The molecule has 0 aliphatic heterocycles. The largest absolute Gasteiger partial charge is 0.192 e. The van der Waals surface area contributed by atoms with Crippen LogP contribution in [0.4, 0.5) is 0 Å². The van der Waals surface area contributed by atoms with Crippen LogP contribution in [0.3, 0.4) is 0 Å². The van der Waals surface area contributed by atoms with Crippen molar-refractivity contribution in [1.29, 1.82) is 0 Å². The summed E-state index contributed by atoms with van der Waals surface area (Å²) in [6.45, 7) is 6.11. The van der Waals surface area contributed by atoms with Crippen LogP contribution in [-0.2, 0) is 16.8 Å². The molecule has 0 fully saturated rings. The average Bonchev–Trinajstić information content (AvgIpc) is 2.38. The van der Waals surface area contributed by atoms with E-state index in [0.29, 0.717) is 0 Å². The van der Waals surface area contributed by atoms with Crippen LogP contribution >= 0.6 is 0 Å². The molecule has 0 nitrogen and oxygen atoms in total. The topological polar surface area (TPSA) is 0 Å². The fourth-order valence-electron chi connectivity index (χ4n) is 1.69. The Morgan fingerprint density at radius 3 is 2.00 bits per heavy atom. The zero-order valence-corrected chi connectivity index (χ0v) is 10.6. The Kier molecular flexibility index (Phi) is 5.88. The van der Waals surface area contributed by atoms with Crippen molar-refractivity contribution in [3.63, 3.8) is 0 Å². The average molecular weight is 266 g/mol. The Bertz CT molecular complexity index is 408. The van der Waals surface area contributed by atoms with Gasteiger partial charge in [0.1, 0.15) is 0 Å². The summed E-state index contributed by atoms with van der Waals surface area (Å²) in [6.07, 6.45) is 3.05. The van der Waals surface area contributed by atoms with Gasteiger partial charge in [0.15, 0.2) is 0 Å². The fourth-order valence-corrected chi connectivity index (χ4v) is 1.69. The van der Waals surface area contributed by atoms with Gasteiger partial charge in [0.05, 0.1) is 0 Å². The molecule has 0 bridgehead atoms. The normalized spacial score (nSPS) is 11.4. The number of rotatable bonds is 4. The molecule has 0 aliphatic carbocycles. The second-order valence-corrected chi connectivity index (χ2v) is 3.87. The molecule has 2 aromatic carbocycles. The molecule has 1 atom stereocenters. The standard InChI is InChI=1S/C16H15.Co/c1-14(16-10-6-3-7-11-16)12-13-15-8-4-2-5-9-15;/h1-11,13-14H,12H2;/q-1;. The smallest absolute Gasteiger partial charge is 0 e. The summed E-state index contributed by atoms with van der Waals surface area (Å²) < 4.78 is 0. The van der Waals surface area contributed by atoms with Gasteiger partial charge in [0, 0.05) is 16.8 Å². The molecule has 3 radical (unpaired) electrons. The minimum absolute atomic E-state index is 0. The molecular weight excluding hydrogens is 251 g/mol. The van der Waals surface area contributed by atoms with Gasteiger partial charge in [-0.25, -0.2) is 0 Å². The quantitative estimate of drug-likeness (QED) is 0.730. The molecule has 2 aromatic rings. The minimum Gasteiger partial charge on any atom is -0.192 e. The van der Waals surface area contributed by atoms with E-state index in [9.17, 15) is 0 Å². The van der Waals surface area contributed by atoms with Gasteiger partial charge in [-0.3, -0.25) is 0 Å². The predicted octanol–water partition coefficient (Wildman–Crippen LogP) is 4.12. The summed E-state index contributed by atoms with van der Waals surface area (Å²) in [5.41, 5.74) is 2.42. The maximum absolute atomic E-state index is 6.11. The summed E-state index contributed by atoms with van der Waals surface area (Å²) in [4.78, 5) is 0. The molecule has 0 saturated heterocycles. The maximum Gasteiger partial charge on any atom is 0 e. The Morgan fingerprint density at radius 2 is 1.41 bits per heavy atom. The van der Waals surface area contributed by atoms with Gasteiger partial charge in [-0.1, -0.05) is 42.8 Å². The van der Waals surface area contributed by atoms with Gasteiger partial charge in [0.25, 0.3) is 0 Å². The van der Waals surface area contributed by atoms with E-state index in [0.717, 1.165) is 6.42 Å². The molecule has 2 rings (SSSR count). The van der Waals surface area contributed by atoms with E-state index in [2.05, 4.69) is 30.7 Å². The van der Waals surface area contributed by atoms with Gasteiger partial charge >= 0.3 is 0 Å². The molecule has 0 heterocycles. The number of benzene rings is 2. The summed E-state index contributed by atoms with van der Waals surface area (Å²) in [7, 11) is 0. The van der Waals surface area contributed by atoms with Crippen molar-refractivity contribution in [2.75, 3.05) is 0 Å². The van der Waals surface area contributed by atoms with E-state index in [1.807, 2.05) is 36.4 Å². The Balaban J connectivity index is 0.00000144. The molecular formula is C16H15Co-. The van der Waals surface area contributed by atoms with Crippen LogP contribution in [0, 0.1) is 13.3 Å². The van der Waals surface area contributed by atoms with Gasteiger partial charge in [-0.05, 0) is 18.4 Å². The number of hydrogen-bond donors (Lipinski definition) is 0. The van der Waals surface area contributed by atoms with Crippen LogP contribution < -0.4 is 0 Å². The second kappa shape index (κ2) is 7.20. The van der Waals surface area contributed by atoms with Crippen molar-refractivity contribution >= 4 is 0 Å². The van der Waals surface area contributed by atoms with Crippen LogP contribution in [0.1, 0.15) is 23.5 Å². The Morgan fingerprint density at radius 1 is 0.882 bits per heavy atom. The minimum atomic E-state index is 0. The van der Waals surface area contributed by atoms with Crippen molar-refractivity contribution in [3.8, 4) is 0 Å². The molecule has 0 aliphatic rings. The summed E-state index contributed by atoms with van der Waals surface area (Å²) >= 11 is 0. The monoisotopic (exact) mass is 266 g/mol. The Hall–Kier alpha value is -1.18. The van der Waals surface area contributed by atoms with Gasteiger partial charge < -0.3 is 0 Å². The van der Waals surface area contributed by atoms with E-state index < -0.39 is 0 Å². The number of hydrogen-bond acceptors (Lipinski definition) is 0. The maximum atomic E-state index is 6.11. The summed E-state index contributed by atoms with van der Waals surface area (Å²) in [5, 5.41) is 0. The fraction of sp³-hybridized carbons (Fsp3) is 0.125. The molecule has 0 N–H and O–H groups in total. The van der Waals surface area contributed by atoms with Crippen LogP contribution in [0.2, 0.25) is 0 Å². The molecule has 0 aromatic heterocycles. The molecule has 1 heteroatoms. The first kappa shape index (κ1) is 13.9. The van der Waals surface area contributed by atoms with Gasteiger partial charge in [-0.2, -0.15) is 24.1 Å². The predicted molar refractivity (Wildman–Crippen MR) is 67.9 cm³/mol. The molecule has 89 valence electrons. The van der Waals surface area contributed by atoms with Crippen molar-refractivity contribution in [2.24, 2.45) is 0 Å². The summed E-state index contributed by atoms with van der Waals surface area (Å²) in [5.74, 6) is 0.0846. The van der Waals surface area contributed by atoms with E-state index in [1.165, 1.54) is 11.1 Å². The zero-order valence-electron chi connectivity index (χ0n) is 9.55. The third kappa shape index (κ3) is 4.29. The first-order chi connectivity index (χ1) is 7.86. The van der Waals surface area contributed by atoms with Crippen molar-refractivity contribution < 1.29 is 16.8 Å². The third-order valence-electron chi connectivity index (χ3n) is 2.63. The van der Waals surface area contributed by atoms with Crippen LogP contribution in [0.15, 0.2) is 60.7 Å². The van der Waals surface area contributed by atoms with E-state index in [4.69, 9.17) is 6.92 Å². The van der Waals surface area contributed by atoms with E-state index >= 15 is 0 Å². The van der Waals surface area contributed by atoms with Crippen molar-refractivity contribution in [1.82, 2.24) is 0 Å². The first-order valence-corrected chi connectivity index (χ1v) is 5.55. The van der Waals surface area contributed by atoms with Crippen LogP contribution in [-0.4, -0.2) is 0 Å². The van der Waals surface area contributed by atoms with Crippen LogP contribution in [0.5, 0.6) is 0 Å². The Labute approximate surface area is 114 Å². The van der Waals surface area contributed by atoms with E-state index in [1.54, 1.807) is 0 Å². The van der Waals surface area contributed by atoms with Crippen LogP contribution in [0.25, 0.3) is 0 Å². The second-order valence-electron chi connectivity index (χ2n) is 3.87. The zero-order chi connectivity index (χ0) is 11.2. The van der Waals surface area contributed by atoms with Crippen molar-refractivity contribution in [2.45, 2.75) is 12.3 Å². The first-order valence-electron chi connectivity index (χ1n) is 5.55. The van der Waals surface area contributed by atoms with Gasteiger partial charge in [0.2, 0.25) is 0 Å². The third-order valence-corrected chi connectivity index (χ3v) is 2.63. The molecule has 17 heavy (non-hydrogen) atoms. The SMILES string of the molecule is [CH]C(C[CH-]c1ccccc1)c1ccccc1.[Co]. The molecule has 0 amide bonds. The van der Waals surface area contributed by atoms with Crippen molar-refractivity contribution in [3.05, 3.63) is 85.1 Å². The molecule has 0 saturated carbocycles. The summed E-state index contributed by atoms with van der Waals surface area (Å²) in [6, 6.07) is 20.5. The molecule has 0 spiro atoms. The molecule has 1 unspecified atom stereocenters.